The number of para-hydroxylation sites is 2. The van der Waals surface area contributed by atoms with Crippen LogP contribution in [0.3, 0.4) is 0 Å². The molecule has 0 saturated heterocycles. The number of benzene rings is 2. The van der Waals surface area contributed by atoms with Crippen molar-refractivity contribution in [3.05, 3.63) is 60.2 Å². The summed E-state index contributed by atoms with van der Waals surface area (Å²) in [5.41, 5.74) is 1.72. The van der Waals surface area contributed by atoms with E-state index in [2.05, 4.69) is 10.6 Å². The maximum atomic E-state index is 11.9. The summed E-state index contributed by atoms with van der Waals surface area (Å²) in [6.45, 7) is 0.462. The first-order chi connectivity index (χ1) is 11.2. The molecule has 1 heterocycles. The molecule has 1 aliphatic rings. The van der Waals surface area contributed by atoms with Crippen molar-refractivity contribution < 1.29 is 14.3 Å². The molecule has 0 aliphatic carbocycles. The topological polar surface area (TPSA) is 59.6 Å². The van der Waals surface area contributed by atoms with E-state index in [-0.39, 0.29) is 13.2 Å². The molecule has 118 valence electrons. The van der Waals surface area contributed by atoms with Gasteiger partial charge in [-0.2, -0.15) is 0 Å². The zero-order valence-electron chi connectivity index (χ0n) is 12.3. The second kappa shape index (κ2) is 7.11. The highest BCUT2D eigenvalue weighted by Gasteiger charge is 2.23. The van der Waals surface area contributed by atoms with Gasteiger partial charge in [-0.15, -0.1) is 0 Å². The number of amides is 1. The van der Waals surface area contributed by atoms with Crippen LogP contribution in [0.5, 0.6) is 5.75 Å². The monoisotopic (exact) mass is 328 g/mol. The Balaban J connectivity index is 1.56. The fraction of sp³-hybridized carbons (Fsp3) is 0.176. The molecule has 6 heteroatoms. The van der Waals surface area contributed by atoms with E-state index in [9.17, 15) is 4.79 Å². The van der Waals surface area contributed by atoms with Crippen molar-refractivity contribution in [3.8, 4) is 5.75 Å². The fourth-order valence-corrected chi connectivity index (χ4v) is 2.42. The number of carbonyl (C=O) groups excluding carboxylic acids is 1. The van der Waals surface area contributed by atoms with Crippen molar-refractivity contribution in [2.24, 2.45) is 0 Å². The lowest BCUT2D eigenvalue weighted by Crippen LogP contribution is -2.45. The van der Waals surface area contributed by atoms with Crippen LogP contribution in [-0.2, 0) is 11.3 Å². The van der Waals surface area contributed by atoms with E-state index >= 15 is 0 Å². The van der Waals surface area contributed by atoms with E-state index in [0.717, 1.165) is 11.3 Å². The highest BCUT2D eigenvalue weighted by molar-refractivity contribution is 7.80. The summed E-state index contributed by atoms with van der Waals surface area (Å²) < 4.78 is 10.9. The summed E-state index contributed by atoms with van der Waals surface area (Å²) in [5, 5.41) is 5.81. The highest BCUT2D eigenvalue weighted by Crippen LogP contribution is 2.26. The summed E-state index contributed by atoms with van der Waals surface area (Å²) in [5.74, 6) is 0.705. The number of nitrogens with one attached hydrogen (secondary N) is 2. The van der Waals surface area contributed by atoms with Gasteiger partial charge in [-0.1, -0.05) is 54.7 Å². The standard InChI is InChI=1S/C17H16N2O3S/c20-17(22-10-12-6-2-1-3-7-12)19-14-11-21-15-9-5-4-8-13(15)18-16(14)23/h1-9,14H,10-11H2,(H,18,23)(H,19,20). The van der Waals surface area contributed by atoms with Gasteiger partial charge in [-0.05, 0) is 17.7 Å². The lowest BCUT2D eigenvalue weighted by molar-refractivity contribution is 0.135. The van der Waals surface area contributed by atoms with Crippen LogP contribution in [-0.4, -0.2) is 23.7 Å². The molecule has 0 spiro atoms. The molecule has 3 rings (SSSR count). The van der Waals surface area contributed by atoms with Crippen molar-refractivity contribution in [2.75, 3.05) is 11.9 Å². The van der Waals surface area contributed by atoms with Gasteiger partial charge in [0.25, 0.3) is 0 Å². The number of hydrogen-bond acceptors (Lipinski definition) is 4. The predicted octanol–water partition coefficient (Wildman–Crippen LogP) is 3.11. The molecule has 2 aromatic rings. The van der Waals surface area contributed by atoms with E-state index in [1.54, 1.807) is 0 Å². The Hall–Kier alpha value is -2.60. The van der Waals surface area contributed by atoms with Crippen LogP contribution in [0, 0.1) is 0 Å². The summed E-state index contributed by atoms with van der Waals surface area (Å²) in [7, 11) is 0. The van der Waals surface area contributed by atoms with Crippen LogP contribution in [0.25, 0.3) is 0 Å². The molecule has 0 saturated carbocycles. The number of alkyl carbamates (subject to hydrolysis) is 1. The summed E-state index contributed by atoms with van der Waals surface area (Å²) in [4.78, 5) is 12.4. The van der Waals surface area contributed by atoms with E-state index in [1.807, 2.05) is 54.6 Å². The molecule has 2 aromatic carbocycles. The van der Waals surface area contributed by atoms with E-state index in [1.165, 1.54) is 0 Å². The normalized spacial score (nSPS) is 16.3. The number of hydrogen-bond donors (Lipinski definition) is 2. The van der Waals surface area contributed by atoms with Crippen LogP contribution in [0.4, 0.5) is 10.5 Å². The van der Waals surface area contributed by atoms with E-state index < -0.39 is 12.1 Å². The molecule has 0 fully saturated rings. The first kappa shape index (κ1) is 15.3. The number of anilines is 1. The van der Waals surface area contributed by atoms with Gasteiger partial charge >= 0.3 is 6.09 Å². The molecule has 0 aromatic heterocycles. The molecule has 23 heavy (non-hydrogen) atoms. The van der Waals surface area contributed by atoms with Crippen molar-refractivity contribution in [1.82, 2.24) is 5.32 Å². The second-order valence-electron chi connectivity index (χ2n) is 5.06. The van der Waals surface area contributed by atoms with Gasteiger partial charge in [-0.3, -0.25) is 0 Å². The summed E-state index contributed by atoms with van der Waals surface area (Å²) in [6.07, 6.45) is -0.530. The number of rotatable bonds is 3. The third-order valence-electron chi connectivity index (χ3n) is 3.37. The average Bonchev–Trinajstić information content (AvgIpc) is 2.73. The molecular weight excluding hydrogens is 312 g/mol. The molecule has 1 atom stereocenters. The Morgan fingerprint density at radius 1 is 1.22 bits per heavy atom. The van der Waals surface area contributed by atoms with Gasteiger partial charge in [-0.25, -0.2) is 4.79 Å². The molecule has 1 aliphatic heterocycles. The first-order valence-electron chi connectivity index (χ1n) is 7.22. The molecule has 0 bridgehead atoms. The third kappa shape index (κ3) is 3.98. The van der Waals surface area contributed by atoms with Crippen LogP contribution in [0.1, 0.15) is 5.56 Å². The molecule has 1 amide bonds. The second-order valence-corrected chi connectivity index (χ2v) is 5.49. The first-order valence-corrected chi connectivity index (χ1v) is 7.63. The molecular formula is C17H16N2O3S. The van der Waals surface area contributed by atoms with Crippen LogP contribution < -0.4 is 15.4 Å². The minimum atomic E-state index is -0.530. The molecule has 5 nitrogen and oxygen atoms in total. The molecule has 2 N–H and O–H groups in total. The van der Waals surface area contributed by atoms with Crippen molar-refractivity contribution >= 4 is 29.0 Å². The van der Waals surface area contributed by atoms with E-state index in [0.29, 0.717) is 10.7 Å². The van der Waals surface area contributed by atoms with Crippen molar-refractivity contribution in [3.63, 3.8) is 0 Å². The number of thiocarbonyl (C=S) groups is 1. The van der Waals surface area contributed by atoms with Gasteiger partial charge < -0.3 is 20.1 Å². The summed E-state index contributed by atoms with van der Waals surface area (Å²) >= 11 is 5.32. The Morgan fingerprint density at radius 2 is 1.96 bits per heavy atom. The van der Waals surface area contributed by atoms with Gasteiger partial charge in [0, 0.05) is 0 Å². The van der Waals surface area contributed by atoms with E-state index in [4.69, 9.17) is 21.7 Å². The average molecular weight is 328 g/mol. The van der Waals surface area contributed by atoms with Crippen molar-refractivity contribution in [2.45, 2.75) is 12.6 Å². The lowest BCUT2D eigenvalue weighted by atomic mass is 10.2. The van der Waals surface area contributed by atoms with Crippen LogP contribution in [0.2, 0.25) is 0 Å². The zero-order chi connectivity index (χ0) is 16.1. The minimum absolute atomic E-state index is 0.209. The molecule has 1 unspecified atom stereocenters. The van der Waals surface area contributed by atoms with Crippen LogP contribution in [0.15, 0.2) is 54.6 Å². The maximum Gasteiger partial charge on any atom is 0.408 e. The zero-order valence-corrected chi connectivity index (χ0v) is 13.1. The Morgan fingerprint density at radius 3 is 2.78 bits per heavy atom. The van der Waals surface area contributed by atoms with Crippen molar-refractivity contribution in [1.29, 1.82) is 0 Å². The van der Waals surface area contributed by atoms with Gasteiger partial charge in [0.05, 0.1) is 5.69 Å². The Bertz CT molecular complexity index is 706. The number of fused-ring (bicyclic) bond motifs is 1. The number of ether oxygens (including phenoxy) is 2. The lowest BCUT2D eigenvalue weighted by Gasteiger charge is -2.16. The predicted molar refractivity (Wildman–Crippen MR) is 91.7 cm³/mol. The SMILES string of the molecule is O=C(NC1COc2ccccc2NC1=S)OCc1ccccc1. The van der Waals surface area contributed by atoms with Crippen LogP contribution >= 0.6 is 12.2 Å². The smallest absolute Gasteiger partial charge is 0.408 e. The quantitative estimate of drug-likeness (QED) is 0.848. The Kier molecular flexibility index (Phi) is 4.73. The van der Waals surface area contributed by atoms with Gasteiger partial charge in [0.1, 0.15) is 30.0 Å². The summed E-state index contributed by atoms with van der Waals surface area (Å²) in [6, 6.07) is 16.5. The minimum Gasteiger partial charge on any atom is -0.489 e. The van der Waals surface area contributed by atoms with Gasteiger partial charge in [0.2, 0.25) is 0 Å². The largest absolute Gasteiger partial charge is 0.489 e. The third-order valence-corrected chi connectivity index (χ3v) is 3.76. The fourth-order valence-electron chi connectivity index (χ4n) is 2.18. The molecule has 0 radical (unpaired) electrons. The maximum absolute atomic E-state index is 11.9. The van der Waals surface area contributed by atoms with Gasteiger partial charge in [0.15, 0.2) is 0 Å². The number of carbonyl (C=O) groups is 1. The highest BCUT2D eigenvalue weighted by atomic mass is 32.1. The Labute approximate surface area is 139 Å².